The molecule has 4 rings (SSSR count). The van der Waals surface area contributed by atoms with Crippen molar-refractivity contribution in [2.45, 2.75) is 57.9 Å². The Morgan fingerprint density at radius 3 is 1.85 bits per heavy atom. The summed E-state index contributed by atoms with van der Waals surface area (Å²) in [6.45, 7) is 4.94. The Morgan fingerprint density at radius 2 is 1.46 bits per heavy atom. The van der Waals surface area contributed by atoms with Crippen LogP contribution in [0.15, 0.2) is 0 Å². The number of hydrogen-bond donors (Lipinski definition) is 1. The van der Waals surface area contributed by atoms with E-state index >= 15 is 0 Å². The summed E-state index contributed by atoms with van der Waals surface area (Å²) in [6.07, 6.45) is 8.27. The second-order valence-electron chi connectivity index (χ2n) is 6.99. The smallest absolute Gasteiger partial charge is 0.0167 e. The molecule has 1 heteroatoms. The lowest BCUT2D eigenvalue weighted by atomic mass is 9.43. The van der Waals surface area contributed by atoms with Crippen molar-refractivity contribution in [1.82, 2.24) is 0 Å². The Bertz CT molecular complexity index is 207. The molecule has 0 spiro atoms. The summed E-state index contributed by atoms with van der Waals surface area (Å²) in [5.74, 6) is 0.955. The van der Waals surface area contributed by atoms with Crippen LogP contribution in [-0.4, -0.2) is 5.54 Å². The molecule has 0 saturated heterocycles. The van der Waals surface area contributed by atoms with Gasteiger partial charge in [0.25, 0.3) is 0 Å². The van der Waals surface area contributed by atoms with E-state index in [-0.39, 0.29) is 5.54 Å². The van der Waals surface area contributed by atoms with E-state index in [1.807, 2.05) is 0 Å². The van der Waals surface area contributed by atoms with Gasteiger partial charge in [-0.2, -0.15) is 0 Å². The van der Waals surface area contributed by atoms with E-state index in [4.69, 9.17) is 5.73 Å². The lowest BCUT2D eigenvalue weighted by Gasteiger charge is -2.64. The molecule has 4 aliphatic rings. The normalized spacial score (nSPS) is 64.4. The molecule has 0 unspecified atom stereocenters. The van der Waals surface area contributed by atoms with Gasteiger partial charge < -0.3 is 5.73 Å². The summed E-state index contributed by atoms with van der Waals surface area (Å²) in [4.78, 5) is 0. The molecule has 1 nitrogen and oxygen atoms in total. The van der Waals surface area contributed by atoms with E-state index < -0.39 is 0 Å². The Balaban J connectivity index is 2.03. The fraction of sp³-hybridized carbons (Fsp3) is 1.00. The van der Waals surface area contributed by atoms with Crippen LogP contribution in [0.5, 0.6) is 0 Å². The predicted molar refractivity (Wildman–Crippen MR) is 54.3 cm³/mol. The fourth-order valence-corrected chi connectivity index (χ4v) is 5.54. The first-order valence-electron chi connectivity index (χ1n) is 5.70. The van der Waals surface area contributed by atoms with Crippen LogP contribution in [-0.2, 0) is 0 Å². The molecular formula is C12H21N. The molecule has 4 saturated carbocycles. The van der Waals surface area contributed by atoms with Gasteiger partial charge in [-0.3, -0.25) is 0 Å². The minimum atomic E-state index is 0.225. The molecule has 0 aromatic heterocycles. The Hall–Kier alpha value is -0.0400. The molecule has 4 aliphatic carbocycles. The van der Waals surface area contributed by atoms with Crippen LogP contribution in [0.2, 0.25) is 0 Å². The van der Waals surface area contributed by atoms with E-state index in [2.05, 4.69) is 13.8 Å². The van der Waals surface area contributed by atoms with Gasteiger partial charge in [0.1, 0.15) is 0 Å². The van der Waals surface area contributed by atoms with Crippen molar-refractivity contribution in [1.29, 1.82) is 0 Å². The molecule has 4 fully saturated rings. The van der Waals surface area contributed by atoms with Gasteiger partial charge in [-0.05, 0) is 55.3 Å². The van der Waals surface area contributed by atoms with Gasteiger partial charge in [0.05, 0.1) is 0 Å². The summed E-state index contributed by atoms with van der Waals surface area (Å²) in [7, 11) is 0. The summed E-state index contributed by atoms with van der Waals surface area (Å²) >= 11 is 0. The van der Waals surface area contributed by atoms with Crippen LogP contribution in [0.1, 0.15) is 52.4 Å². The molecule has 0 radical (unpaired) electrons. The Morgan fingerprint density at radius 1 is 0.923 bits per heavy atom. The number of rotatable bonds is 0. The lowest BCUT2D eigenvalue weighted by Crippen LogP contribution is -2.62. The number of nitrogens with two attached hydrogens (primary N) is 1. The van der Waals surface area contributed by atoms with Gasteiger partial charge in [0, 0.05) is 5.54 Å². The summed E-state index contributed by atoms with van der Waals surface area (Å²) in [5, 5.41) is 0. The Labute approximate surface area is 81.1 Å². The molecule has 0 amide bonds. The molecular weight excluding hydrogens is 158 g/mol. The van der Waals surface area contributed by atoms with Crippen molar-refractivity contribution < 1.29 is 0 Å². The van der Waals surface area contributed by atoms with Crippen molar-refractivity contribution in [3.05, 3.63) is 0 Å². The van der Waals surface area contributed by atoms with E-state index in [1.54, 1.807) is 0 Å². The molecule has 4 bridgehead atoms. The summed E-state index contributed by atoms with van der Waals surface area (Å²) in [6, 6.07) is 0. The highest BCUT2D eigenvalue weighted by molar-refractivity contribution is 5.12. The first kappa shape index (κ1) is 8.28. The summed E-state index contributed by atoms with van der Waals surface area (Å²) < 4.78 is 0. The highest BCUT2D eigenvalue weighted by Crippen LogP contribution is 2.65. The zero-order valence-electron chi connectivity index (χ0n) is 8.90. The maximum absolute atomic E-state index is 6.49. The van der Waals surface area contributed by atoms with Crippen LogP contribution in [0.3, 0.4) is 0 Å². The third-order valence-electron chi connectivity index (χ3n) is 4.67. The largest absolute Gasteiger partial charge is 0.325 e. The van der Waals surface area contributed by atoms with Gasteiger partial charge in [-0.1, -0.05) is 13.8 Å². The van der Waals surface area contributed by atoms with Gasteiger partial charge in [0.15, 0.2) is 0 Å². The third-order valence-corrected chi connectivity index (χ3v) is 4.67. The molecule has 0 aromatic carbocycles. The molecule has 74 valence electrons. The molecule has 0 aromatic rings. The fourth-order valence-electron chi connectivity index (χ4n) is 5.54. The van der Waals surface area contributed by atoms with Crippen LogP contribution in [0.4, 0.5) is 0 Å². The van der Waals surface area contributed by atoms with E-state index in [1.165, 1.54) is 38.5 Å². The minimum Gasteiger partial charge on any atom is -0.325 e. The predicted octanol–water partition coefficient (Wildman–Crippen LogP) is 2.69. The zero-order valence-corrected chi connectivity index (χ0v) is 8.90. The molecule has 2 N–H and O–H groups in total. The maximum Gasteiger partial charge on any atom is 0.0167 e. The van der Waals surface area contributed by atoms with Crippen molar-refractivity contribution in [2.24, 2.45) is 22.5 Å². The Kier molecular flexibility index (Phi) is 1.26. The zero-order chi connectivity index (χ0) is 9.32. The monoisotopic (exact) mass is 179 g/mol. The molecule has 0 aliphatic heterocycles. The first-order chi connectivity index (χ1) is 5.91. The maximum atomic E-state index is 6.49. The van der Waals surface area contributed by atoms with Crippen molar-refractivity contribution in [2.75, 3.05) is 0 Å². The minimum absolute atomic E-state index is 0.225. The van der Waals surface area contributed by atoms with Gasteiger partial charge in [0.2, 0.25) is 0 Å². The second kappa shape index (κ2) is 1.98. The van der Waals surface area contributed by atoms with E-state index in [9.17, 15) is 0 Å². The van der Waals surface area contributed by atoms with Gasteiger partial charge >= 0.3 is 0 Å². The highest BCUT2D eigenvalue weighted by atomic mass is 14.8. The number of hydrogen-bond acceptors (Lipinski definition) is 1. The van der Waals surface area contributed by atoms with Crippen LogP contribution >= 0.6 is 0 Å². The van der Waals surface area contributed by atoms with Crippen LogP contribution < -0.4 is 5.73 Å². The first-order valence-corrected chi connectivity index (χ1v) is 5.70. The molecule has 2 atom stereocenters. The van der Waals surface area contributed by atoms with Gasteiger partial charge in [-0.15, -0.1) is 0 Å². The standard InChI is InChI=1S/C12H21N/c1-10-3-9-4-11(2,6-10)8-12(13,5-9)7-10/h9H,3-8,13H2,1-2H3/t9?,10-,11-,12?/m1/s1. The van der Waals surface area contributed by atoms with Crippen LogP contribution in [0, 0.1) is 16.7 Å². The van der Waals surface area contributed by atoms with Crippen molar-refractivity contribution >= 4 is 0 Å². The lowest BCUT2D eigenvalue weighted by molar-refractivity contribution is -0.104. The average molecular weight is 179 g/mol. The quantitative estimate of drug-likeness (QED) is 0.608. The van der Waals surface area contributed by atoms with E-state index in [0.717, 1.165) is 5.92 Å². The topological polar surface area (TPSA) is 26.0 Å². The SMILES string of the molecule is C[C@]12CC3CC(N)(C1)C[C@](C)(C3)C2. The molecule has 13 heavy (non-hydrogen) atoms. The second-order valence-corrected chi connectivity index (χ2v) is 6.99. The van der Waals surface area contributed by atoms with Crippen molar-refractivity contribution in [3.63, 3.8) is 0 Å². The average Bonchev–Trinajstić information content (AvgIpc) is 1.71. The third kappa shape index (κ3) is 1.09. The van der Waals surface area contributed by atoms with Gasteiger partial charge in [-0.25, -0.2) is 0 Å². The highest BCUT2D eigenvalue weighted by Gasteiger charge is 2.58. The van der Waals surface area contributed by atoms with E-state index in [0.29, 0.717) is 10.8 Å². The summed E-state index contributed by atoms with van der Waals surface area (Å²) in [5.41, 5.74) is 7.92. The molecule has 0 heterocycles. The van der Waals surface area contributed by atoms with Crippen molar-refractivity contribution in [3.8, 4) is 0 Å². The van der Waals surface area contributed by atoms with Crippen LogP contribution in [0.25, 0.3) is 0 Å².